The maximum absolute atomic E-state index is 9.00. The van der Waals surface area contributed by atoms with Gasteiger partial charge < -0.3 is 5.11 Å². The van der Waals surface area contributed by atoms with Crippen molar-refractivity contribution >= 4 is 28.5 Å². The molecule has 2 nitrogen and oxygen atoms in total. The summed E-state index contributed by atoms with van der Waals surface area (Å²) in [6, 6.07) is 0. The van der Waals surface area contributed by atoms with Crippen molar-refractivity contribution in [3.05, 3.63) is 12.7 Å². The third-order valence-electron chi connectivity index (χ3n) is 0.144. The third-order valence-corrected chi connectivity index (χ3v) is 0.968. The van der Waals surface area contributed by atoms with Crippen LogP contribution >= 0.6 is 0 Å². The monoisotopic (exact) mass is 221 g/mol. The van der Waals surface area contributed by atoms with E-state index < -0.39 is 5.97 Å². The summed E-state index contributed by atoms with van der Waals surface area (Å²) in [4.78, 5) is 9.00. The van der Waals surface area contributed by atoms with Gasteiger partial charge >= 0.3 is 39.6 Å². The van der Waals surface area contributed by atoms with Crippen LogP contribution in [0.3, 0.4) is 0 Å². The molecule has 0 bridgehead atoms. The van der Waals surface area contributed by atoms with Crippen molar-refractivity contribution in [2.45, 2.75) is 11.4 Å². The zero-order chi connectivity index (χ0) is 6.99. The molecule has 0 atom stereocenters. The van der Waals surface area contributed by atoms with E-state index in [1.54, 1.807) is 22.5 Å². The van der Waals surface area contributed by atoms with Gasteiger partial charge in [-0.3, -0.25) is 4.79 Å². The molecule has 8 heavy (non-hydrogen) atoms. The van der Waals surface area contributed by atoms with E-state index in [0.29, 0.717) is 0 Å². The topological polar surface area (TPSA) is 37.3 Å². The molecular formula is C5H9O2Sn. The van der Waals surface area contributed by atoms with E-state index in [2.05, 4.69) is 6.58 Å². The van der Waals surface area contributed by atoms with Gasteiger partial charge in [-0.05, 0) is 0 Å². The zero-order valence-corrected chi connectivity index (χ0v) is 7.70. The van der Waals surface area contributed by atoms with Crippen molar-refractivity contribution in [3.63, 3.8) is 0 Å². The van der Waals surface area contributed by atoms with Gasteiger partial charge in [0.15, 0.2) is 0 Å². The summed E-state index contributed by atoms with van der Waals surface area (Å²) in [6.07, 6.45) is 1.92. The molecule has 0 aromatic heterocycles. The summed E-state index contributed by atoms with van der Waals surface area (Å²) in [5.74, 6) is -0.833. The van der Waals surface area contributed by atoms with Gasteiger partial charge in [0.25, 0.3) is 5.97 Å². The van der Waals surface area contributed by atoms with Gasteiger partial charge in [0.2, 0.25) is 0 Å². The first-order chi connectivity index (χ1) is 3.65. The molecule has 1 N–H and O–H groups in total. The van der Waals surface area contributed by atoms with Gasteiger partial charge in [0.1, 0.15) is 0 Å². The Morgan fingerprint density at radius 3 is 2.12 bits per heavy atom. The maximum atomic E-state index is 9.00. The predicted molar refractivity (Wildman–Crippen MR) is 34.1 cm³/mol. The van der Waals surface area contributed by atoms with Crippen LogP contribution in [-0.4, -0.2) is 33.6 Å². The van der Waals surface area contributed by atoms with Gasteiger partial charge in [-0.25, -0.2) is 0 Å². The molecule has 0 rings (SSSR count). The molecule has 0 aromatic rings. The fourth-order valence-electron chi connectivity index (χ4n) is 0. The van der Waals surface area contributed by atoms with Crippen LogP contribution < -0.4 is 0 Å². The Morgan fingerprint density at radius 2 is 2.12 bits per heavy atom. The molecule has 3 radical (unpaired) electrons. The number of allylic oxidation sites excluding steroid dienone is 1. The number of hydrogen-bond acceptors (Lipinski definition) is 1. The largest absolute Gasteiger partial charge is 0.481 e. The van der Waals surface area contributed by atoms with Crippen LogP contribution in [-0.2, 0) is 4.79 Å². The number of carbonyl (C=O) groups is 1. The fraction of sp³-hybridized carbons (Fsp3) is 0.400. The number of hydrogen-bond donors (Lipinski definition) is 1. The second-order valence-electron chi connectivity index (χ2n) is 1.01. The summed E-state index contributed by atoms with van der Waals surface area (Å²) >= 11 is 1.55. The Kier molecular flexibility index (Phi) is 13.7. The minimum absolute atomic E-state index is 0.833. The molecule has 3 heteroatoms. The Morgan fingerprint density at radius 1 is 2.00 bits per heavy atom. The van der Waals surface area contributed by atoms with E-state index in [0.717, 1.165) is 6.92 Å². The van der Waals surface area contributed by atoms with E-state index >= 15 is 0 Å². The zero-order valence-electron chi connectivity index (χ0n) is 4.85. The number of rotatable bonds is 1. The second-order valence-corrected chi connectivity index (χ2v) is 2.18. The van der Waals surface area contributed by atoms with Gasteiger partial charge in [0.05, 0.1) is 0 Å². The van der Waals surface area contributed by atoms with Crippen molar-refractivity contribution in [2.24, 2.45) is 0 Å². The standard InChI is InChI=1S/C3H5.C2H4O2.Sn/c1-3-2;1-2(3)4;/h3H,1-2H2;1H3,(H,3,4);. The first-order valence-electron chi connectivity index (χ1n) is 2.10. The van der Waals surface area contributed by atoms with Gasteiger partial charge in [-0.15, -0.1) is 0 Å². The molecule has 0 heterocycles. The number of carboxylic acid groups (broad SMARTS) is 1. The van der Waals surface area contributed by atoms with Gasteiger partial charge in [0, 0.05) is 6.92 Å². The molecule has 0 amide bonds. The molecule has 0 aliphatic rings. The summed E-state index contributed by atoms with van der Waals surface area (Å²) in [5.41, 5.74) is 0. The minimum Gasteiger partial charge on any atom is -0.481 e. The summed E-state index contributed by atoms with van der Waals surface area (Å²) in [5, 5.41) is 7.42. The van der Waals surface area contributed by atoms with Crippen molar-refractivity contribution < 1.29 is 9.90 Å². The smallest absolute Gasteiger partial charge is 0.300 e. The predicted octanol–water partition coefficient (Wildman–Crippen LogP) is 0.850. The van der Waals surface area contributed by atoms with Crippen LogP contribution in [0.5, 0.6) is 0 Å². The molecule has 0 aliphatic heterocycles. The quantitative estimate of drug-likeness (QED) is 0.525. The first-order valence-corrected chi connectivity index (χ1v) is 4.12. The molecule has 0 aromatic carbocycles. The molecule has 0 aliphatic carbocycles. The second kappa shape index (κ2) is 10.1. The van der Waals surface area contributed by atoms with Crippen molar-refractivity contribution in [2.75, 3.05) is 0 Å². The van der Waals surface area contributed by atoms with Crippen LogP contribution in [0, 0.1) is 0 Å². The van der Waals surface area contributed by atoms with Crippen molar-refractivity contribution in [1.29, 1.82) is 0 Å². The third kappa shape index (κ3) is 148. The van der Waals surface area contributed by atoms with E-state index in [1.165, 1.54) is 4.44 Å². The van der Waals surface area contributed by atoms with E-state index in [1.807, 2.05) is 6.08 Å². The minimum atomic E-state index is -0.833. The SMILES string of the molecule is C=C[CH2][Sn].CC(=O)O. The Balaban J connectivity index is 0. The summed E-state index contributed by atoms with van der Waals surface area (Å²) in [7, 11) is 0. The van der Waals surface area contributed by atoms with Crippen LogP contribution in [0.1, 0.15) is 6.92 Å². The number of carboxylic acids is 1. The Hall–Kier alpha value is 0.00870. The summed E-state index contributed by atoms with van der Waals surface area (Å²) < 4.78 is 1.17. The van der Waals surface area contributed by atoms with Crippen LogP contribution in [0.15, 0.2) is 12.7 Å². The Labute approximate surface area is 62.7 Å². The van der Waals surface area contributed by atoms with Crippen LogP contribution in [0.2, 0.25) is 4.44 Å². The summed E-state index contributed by atoms with van der Waals surface area (Å²) in [6.45, 7) is 4.58. The first kappa shape index (κ1) is 10.9. The maximum Gasteiger partial charge on any atom is 0.300 e. The van der Waals surface area contributed by atoms with E-state index in [9.17, 15) is 0 Å². The molecule has 0 unspecified atom stereocenters. The molecule has 45 valence electrons. The average molecular weight is 220 g/mol. The molecule has 0 saturated carbocycles. The molecule has 0 fully saturated rings. The average Bonchev–Trinajstić information content (AvgIpc) is 1.65. The number of aliphatic carboxylic acids is 1. The van der Waals surface area contributed by atoms with E-state index in [4.69, 9.17) is 9.90 Å². The van der Waals surface area contributed by atoms with Crippen molar-refractivity contribution in [3.8, 4) is 0 Å². The fourth-order valence-corrected chi connectivity index (χ4v) is 0. The normalized spacial score (nSPS) is 6.25. The molecular weight excluding hydrogens is 211 g/mol. The van der Waals surface area contributed by atoms with Crippen LogP contribution in [0.25, 0.3) is 0 Å². The van der Waals surface area contributed by atoms with Crippen LogP contribution in [0.4, 0.5) is 0 Å². The Bertz CT molecular complexity index is 66.8. The molecule has 0 saturated heterocycles. The molecule has 0 spiro atoms. The van der Waals surface area contributed by atoms with Gasteiger partial charge in [-0.1, -0.05) is 0 Å². The van der Waals surface area contributed by atoms with Crippen molar-refractivity contribution in [1.82, 2.24) is 0 Å². The van der Waals surface area contributed by atoms with E-state index in [-0.39, 0.29) is 0 Å². The van der Waals surface area contributed by atoms with Gasteiger partial charge in [-0.2, -0.15) is 0 Å².